The Balaban J connectivity index is 3.23. The summed E-state index contributed by atoms with van der Waals surface area (Å²) < 4.78 is 0. The second kappa shape index (κ2) is 4.25. The molecule has 1 aromatic rings. The Morgan fingerprint density at radius 2 is 2.00 bits per heavy atom. The number of alkyl halides is 1. The van der Waals surface area contributed by atoms with Crippen LogP contribution in [0.3, 0.4) is 0 Å². The highest BCUT2D eigenvalue weighted by atomic mass is 79.9. The van der Waals surface area contributed by atoms with Crippen molar-refractivity contribution in [3.63, 3.8) is 0 Å². The molecule has 1 aromatic carbocycles. The van der Waals surface area contributed by atoms with Gasteiger partial charge in [-0.3, -0.25) is 4.79 Å². The fourth-order valence-electron chi connectivity index (χ4n) is 1.15. The van der Waals surface area contributed by atoms with Gasteiger partial charge in [0.2, 0.25) is 0 Å². The Morgan fingerprint density at radius 3 is 2.54 bits per heavy atom. The van der Waals surface area contributed by atoms with Crippen LogP contribution in [0.4, 0.5) is 0 Å². The summed E-state index contributed by atoms with van der Waals surface area (Å²) in [6, 6.07) is 3.66. The maximum absolute atomic E-state index is 11.4. The van der Waals surface area contributed by atoms with Crippen LogP contribution in [0.25, 0.3) is 0 Å². The molecule has 0 spiro atoms. The largest absolute Gasteiger partial charge is 0.293 e. The van der Waals surface area contributed by atoms with Crippen LogP contribution in [-0.4, -0.2) is 11.1 Å². The number of ketones is 1. The van der Waals surface area contributed by atoms with E-state index >= 15 is 0 Å². The Bertz CT molecular complexity index is 347. The highest BCUT2D eigenvalue weighted by molar-refractivity contribution is 9.09. The van der Waals surface area contributed by atoms with Gasteiger partial charge in [0, 0.05) is 10.6 Å². The highest BCUT2D eigenvalue weighted by Crippen LogP contribution is 2.21. The normalized spacial score (nSPS) is 10.2. The molecule has 70 valence electrons. The van der Waals surface area contributed by atoms with E-state index in [-0.39, 0.29) is 5.78 Å². The molecule has 13 heavy (non-hydrogen) atoms. The summed E-state index contributed by atoms with van der Waals surface area (Å²) in [5, 5.41) is 1.07. The van der Waals surface area contributed by atoms with Crippen molar-refractivity contribution in [2.75, 3.05) is 5.33 Å². The van der Waals surface area contributed by atoms with Crippen LogP contribution < -0.4 is 0 Å². The van der Waals surface area contributed by atoms with Gasteiger partial charge in [0.05, 0.1) is 5.33 Å². The van der Waals surface area contributed by atoms with E-state index in [9.17, 15) is 4.79 Å². The average molecular weight is 262 g/mol. The maximum Gasteiger partial charge on any atom is 0.173 e. The van der Waals surface area contributed by atoms with E-state index in [0.717, 1.165) is 16.7 Å². The second-order valence-corrected chi connectivity index (χ2v) is 3.94. The van der Waals surface area contributed by atoms with Crippen molar-refractivity contribution in [3.05, 3.63) is 33.8 Å². The third-order valence-corrected chi connectivity index (χ3v) is 2.84. The van der Waals surface area contributed by atoms with E-state index in [1.807, 2.05) is 26.0 Å². The minimum atomic E-state index is 0.0947. The molecular weight excluding hydrogens is 251 g/mol. The van der Waals surface area contributed by atoms with Gasteiger partial charge >= 0.3 is 0 Å². The van der Waals surface area contributed by atoms with Crippen LogP contribution >= 0.6 is 27.5 Å². The second-order valence-electron chi connectivity index (χ2n) is 2.97. The first-order valence-electron chi connectivity index (χ1n) is 3.92. The zero-order valence-corrected chi connectivity index (χ0v) is 9.87. The van der Waals surface area contributed by atoms with Crippen LogP contribution in [0.5, 0.6) is 0 Å². The number of Topliss-reactive ketones (excluding diaryl/α,β-unsaturated/α-hetero) is 1. The van der Waals surface area contributed by atoms with Crippen LogP contribution in [0.1, 0.15) is 21.5 Å². The highest BCUT2D eigenvalue weighted by Gasteiger charge is 2.09. The molecular formula is C10H10BrClO. The molecule has 0 aliphatic heterocycles. The smallest absolute Gasteiger partial charge is 0.173 e. The van der Waals surface area contributed by atoms with E-state index in [1.165, 1.54) is 0 Å². The number of hydrogen-bond donors (Lipinski definition) is 0. The molecule has 0 radical (unpaired) electrons. The van der Waals surface area contributed by atoms with E-state index < -0.39 is 0 Å². The Morgan fingerprint density at radius 1 is 1.38 bits per heavy atom. The quantitative estimate of drug-likeness (QED) is 0.588. The summed E-state index contributed by atoms with van der Waals surface area (Å²) in [4.78, 5) is 11.4. The van der Waals surface area contributed by atoms with Gasteiger partial charge in [-0.2, -0.15) is 0 Å². The lowest BCUT2D eigenvalue weighted by Crippen LogP contribution is -2.03. The van der Waals surface area contributed by atoms with Crippen LogP contribution in [0.2, 0.25) is 5.02 Å². The standard InChI is InChI=1S/C10H10BrClO/c1-6-4-9(12)7(2)3-8(6)10(13)5-11/h3-4H,5H2,1-2H3. The van der Waals surface area contributed by atoms with E-state index in [0.29, 0.717) is 10.4 Å². The van der Waals surface area contributed by atoms with Gasteiger partial charge < -0.3 is 0 Å². The van der Waals surface area contributed by atoms with Crippen molar-refractivity contribution < 1.29 is 4.79 Å². The summed E-state index contributed by atoms with van der Waals surface area (Å²) in [6.45, 7) is 3.79. The molecule has 0 heterocycles. The lowest BCUT2D eigenvalue weighted by atomic mass is 10.0. The summed E-state index contributed by atoms with van der Waals surface area (Å²) in [6.07, 6.45) is 0. The summed E-state index contributed by atoms with van der Waals surface area (Å²) >= 11 is 9.06. The fraction of sp³-hybridized carbons (Fsp3) is 0.300. The molecule has 1 nitrogen and oxygen atoms in total. The number of halogens is 2. The molecule has 0 unspecified atom stereocenters. The predicted octanol–water partition coefficient (Wildman–Crippen LogP) is 3.53. The number of hydrogen-bond acceptors (Lipinski definition) is 1. The lowest BCUT2D eigenvalue weighted by Gasteiger charge is -2.05. The number of carbonyl (C=O) groups is 1. The molecule has 3 heteroatoms. The molecule has 0 atom stereocenters. The minimum Gasteiger partial charge on any atom is -0.293 e. The summed E-state index contributed by atoms with van der Waals surface area (Å²) in [7, 11) is 0. The number of aryl methyl sites for hydroxylation is 2. The predicted molar refractivity (Wildman–Crippen MR) is 59.1 cm³/mol. The first-order valence-corrected chi connectivity index (χ1v) is 5.42. The van der Waals surface area contributed by atoms with Crippen LogP contribution in [-0.2, 0) is 0 Å². The molecule has 0 aliphatic rings. The first-order chi connectivity index (χ1) is 6.06. The number of carbonyl (C=O) groups excluding carboxylic acids is 1. The third-order valence-electron chi connectivity index (χ3n) is 1.93. The Labute approximate surface area is 91.2 Å². The van der Waals surface area contributed by atoms with Crippen molar-refractivity contribution in [2.45, 2.75) is 13.8 Å². The monoisotopic (exact) mass is 260 g/mol. The fourth-order valence-corrected chi connectivity index (χ4v) is 1.67. The van der Waals surface area contributed by atoms with Crippen molar-refractivity contribution in [1.29, 1.82) is 0 Å². The van der Waals surface area contributed by atoms with Crippen LogP contribution in [0, 0.1) is 13.8 Å². The molecule has 0 saturated carbocycles. The number of benzene rings is 1. The molecule has 0 fully saturated rings. The summed E-state index contributed by atoms with van der Waals surface area (Å²) in [5.41, 5.74) is 2.62. The number of rotatable bonds is 2. The molecule has 0 N–H and O–H groups in total. The summed E-state index contributed by atoms with van der Waals surface area (Å²) in [5.74, 6) is 0.0947. The van der Waals surface area contributed by atoms with Crippen molar-refractivity contribution in [2.24, 2.45) is 0 Å². The molecule has 0 aliphatic carbocycles. The van der Waals surface area contributed by atoms with Gasteiger partial charge in [-0.15, -0.1) is 0 Å². The van der Waals surface area contributed by atoms with Crippen molar-refractivity contribution in [1.82, 2.24) is 0 Å². The molecule has 1 rings (SSSR count). The molecule has 0 aromatic heterocycles. The zero-order valence-electron chi connectivity index (χ0n) is 7.53. The lowest BCUT2D eigenvalue weighted by molar-refractivity contribution is 0.102. The zero-order chi connectivity index (χ0) is 10.0. The van der Waals surface area contributed by atoms with E-state index in [4.69, 9.17) is 11.6 Å². The maximum atomic E-state index is 11.4. The van der Waals surface area contributed by atoms with Gasteiger partial charge in [0.15, 0.2) is 5.78 Å². The minimum absolute atomic E-state index is 0.0947. The first kappa shape index (κ1) is 10.7. The van der Waals surface area contributed by atoms with Crippen molar-refractivity contribution >= 4 is 33.3 Å². The average Bonchev–Trinajstić information content (AvgIpc) is 2.10. The van der Waals surface area contributed by atoms with Gasteiger partial charge in [-0.25, -0.2) is 0 Å². The third kappa shape index (κ3) is 2.32. The Hall–Kier alpha value is -0.340. The topological polar surface area (TPSA) is 17.1 Å². The van der Waals surface area contributed by atoms with Gasteiger partial charge in [-0.05, 0) is 37.1 Å². The Kier molecular flexibility index (Phi) is 3.51. The van der Waals surface area contributed by atoms with Gasteiger partial charge in [0.1, 0.15) is 0 Å². The molecule has 0 amide bonds. The molecule has 0 saturated heterocycles. The van der Waals surface area contributed by atoms with E-state index in [1.54, 1.807) is 0 Å². The molecule has 0 bridgehead atoms. The van der Waals surface area contributed by atoms with E-state index in [2.05, 4.69) is 15.9 Å². The van der Waals surface area contributed by atoms with Crippen LogP contribution in [0.15, 0.2) is 12.1 Å². The van der Waals surface area contributed by atoms with Gasteiger partial charge in [-0.1, -0.05) is 27.5 Å². The SMILES string of the molecule is Cc1cc(C(=O)CBr)c(C)cc1Cl. The van der Waals surface area contributed by atoms with Gasteiger partial charge in [0.25, 0.3) is 0 Å². The van der Waals surface area contributed by atoms with Crippen molar-refractivity contribution in [3.8, 4) is 0 Å².